The predicted octanol–water partition coefficient (Wildman–Crippen LogP) is 7.61. The number of nitrogens with one attached hydrogen (secondary N) is 2. The van der Waals surface area contributed by atoms with Crippen LogP contribution in [-0.4, -0.2) is 57.2 Å². The maximum absolute atomic E-state index is 14.7. The standard InChI is InChI=1S/C43H51FN6O4/c1-42-16-14-28(51)19-25(42)8-11-29-31-12-13-35(43(31,2)17-15-32(29)42)54-18-4-5-36(53)48-27-9-6-24(7-10-27)39-38(41-46-23-47-50(41)3)40-37-30(34(52)22-45-40)20-26(44)21-33(37)49-39/h6-7,9-10,20-21,23,25,29,31-32,35,38-39,49H,4-5,8,11-19,22H2,1-3H3,(H,48,53)/t25-,29-,31-,32-,35-,38?,39+,42-,43-/m0/s1. The lowest BCUT2D eigenvalue weighted by atomic mass is 9.45. The first-order valence-corrected chi connectivity index (χ1v) is 20.1. The number of hydrogen-bond acceptors (Lipinski definition) is 8. The van der Waals surface area contributed by atoms with Gasteiger partial charge in [0.15, 0.2) is 5.78 Å². The molecule has 10 nitrogen and oxygen atoms in total. The Bertz CT molecular complexity index is 2030. The molecule has 1 aromatic heterocycles. The van der Waals surface area contributed by atoms with Gasteiger partial charge in [0.2, 0.25) is 5.91 Å². The lowest BCUT2D eigenvalue weighted by molar-refractivity contribution is -0.145. The minimum atomic E-state index is -0.481. The molecular formula is C43H51FN6O4. The molecule has 4 fully saturated rings. The van der Waals surface area contributed by atoms with Crippen molar-refractivity contribution < 1.29 is 23.5 Å². The number of carbonyl (C=O) groups is 3. The first-order chi connectivity index (χ1) is 26.0. The molecule has 9 rings (SSSR count). The molecule has 4 saturated carbocycles. The number of Topliss-reactive ketones (excluding diaryl/α,β-unsaturated/α-hetero) is 2. The van der Waals surface area contributed by atoms with E-state index in [4.69, 9.17) is 4.74 Å². The Morgan fingerprint density at radius 3 is 2.65 bits per heavy atom. The van der Waals surface area contributed by atoms with Gasteiger partial charge in [-0.3, -0.25) is 24.1 Å². The molecule has 3 aromatic rings. The third-order valence-corrected chi connectivity index (χ3v) is 14.8. The number of ketones is 2. The Balaban J connectivity index is 0.814. The number of hydrogen-bond donors (Lipinski definition) is 2. The summed E-state index contributed by atoms with van der Waals surface area (Å²) < 4.78 is 23.0. The maximum Gasteiger partial charge on any atom is 0.224 e. The van der Waals surface area contributed by atoms with Gasteiger partial charge in [0.25, 0.3) is 0 Å². The Hall–Kier alpha value is -4.25. The van der Waals surface area contributed by atoms with E-state index in [-0.39, 0.29) is 41.7 Å². The molecule has 0 saturated heterocycles. The topological polar surface area (TPSA) is 128 Å². The molecule has 2 aromatic carbocycles. The number of benzene rings is 2. The van der Waals surface area contributed by atoms with E-state index in [9.17, 15) is 18.8 Å². The number of halogens is 1. The average molecular weight is 735 g/mol. The number of anilines is 2. The highest BCUT2D eigenvalue weighted by Crippen LogP contribution is 2.66. The van der Waals surface area contributed by atoms with Gasteiger partial charge in [0.1, 0.15) is 30.3 Å². The third-order valence-electron chi connectivity index (χ3n) is 14.8. The zero-order valence-electron chi connectivity index (χ0n) is 31.6. The van der Waals surface area contributed by atoms with Crippen LogP contribution >= 0.6 is 0 Å². The molecule has 284 valence electrons. The van der Waals surface area contributed by atoms with E-state index in [1.165, 1.54) is 50.6 Å². The highest BCUT2D eigenvalue weighted by Gasteiger charge is 2.60. The summed E-state index contributed by atoms with van der Waals surface area (Å²) in [6.45, 7) is 5.50. The van der Waals surface area contributed by atoms with Crippen LogP contribution in [0.2, 0.25) is 0 Å². The Labute approximate surface area is 316 Å². The van der Waals surface area contributed by atoms with Crippen LogP contribution in [0.25, 0.3) is 0 Å². The molecule has 4 aliphatic carbocycles. The van der Waals surface area contributed by atoms with Crippen LogP contribution < -0.4 is 10.6 Å². The van der Waals surface area contributed by atoms with Gasteiger partial charge in [-0.2, -0.15) is 5.10 Å². The Kier molecular flexibility index (Phi) is 8.86. The number of amides is 1. The number of aryl methyl sites for hydroxylation is 1. The zero-order valence-corrected chi connectivity index (χ0v) is 31.6. The molecule has 2 N–H and O–H groups in total. The molecule has 9 atom stereocenters. The zero-order chi connectivity index (χ0) is 37.4. The van der Waals surface area contributed by atoms with Crippen molar-refractivity contribution in [1.82, 2.24) is 14.8 Å². The molecule has 2 aliphatic heterocycles. The second-order valence-electron chi connectivity index (χ2n) is 17.5. The number of ether oxygens (including phenoxy) is 1. The molecular weight excluding hydrogens is 684 g/mol. The molecule has 54 heavy (non-hydrogen) atoms. The van der Waals surface area contributed by atoms with Crippen LogP contribution in [0.15, 0.2) is 47.7 Å². The lowest BCUT2D eigenvalue weighted by Crippen LogP contribution is -2.54. The first-order valence-electron chi connectivity index (χ1n) is 20.1. The molecule has 0 radical (unpaired) electrons. The van der Waals surface area contributed by atoms with Crippen molar-refractivity contribution in [3.8, 4) is 0 Å². The number of rotatable bonds is 8. The fourth-order valence-corrected chi connectivity index (χ4v) is 12.1. The Morgan fingerprint density at radius 2 is 1.85 bits per heavy atom. The quantitative estimate of drug-likeness (QED) is 0.228. The summed E-state index contributed by atoms with van der Waals surface area (Å²) in [5.74, 6) is 2.78. The van der Waals surface area contributed by atoms with Crippen molar-refractivity contribution in [2.75, 3.05) is 23.8 Å². The van der Waals surface area contributed by atoms with Gasteiger partial charge in [-0.1, -0.05) is 26.0 Å². The fourth-order valence-electron chi connectivity index (χ4n) is 12.1. The van der Waals surface area contributed by atoms with E-state index in [2.05, 4.69) is 39.6 Å². The van der Waals surface area contributed by atoms with Crippen molar-refractivity contribution in [2.45, 2.75) is 103 Å². The molecule has 3 heterocycles. The van der Waals surface area contributed by atoms with Crippen molar-refractivity contribution in [1.29, 1.82) is 0 Å². The van der Waals surface area contributed by atoms with E-state index in [0.29, 0.717) is 76.5 Å². The largest absolute Gasteiger partial charge is 0.378 e. The molecule has 11 heteroatoms. The number of aromatic nitrogens is 3. The highest BCUT2D eigenvalue weighted by molar-refractivity contribution is 6.21. The third kappa shape index (κ3) is 5.83. The monoisotopic (exact) mass is 734 g/mol. The fraction of sp³-hybridized carbons (Fsp3) is 0.581. The van der Waals surface area contributed by atoms with Gasteiger partial charge < -0.3 is 15.4 Å². The van der Waals surface area contributed by atoms with Crippen molar-refractivity contribution >= 4 is 34.6 Å². The number of fused-ring (bicyclic) bond motifs is 5. The smallest absolute Gasteiger partial charge is 0.224 e. The summed E-state index contributed by atoms with van der Waals surface area (Å²) in [6, 6.07) is 10.00. The number of nitrogens with zero attached hydrogens (tertiary/aromatic N) is 4. The van der Waals surface area contributed by atoms with Gasteiger partial charge >= 0.3 is 0 Å². The van der Waals surface area contributed by atoms with E-state index >= 15 is 0 Å². The summed E-state index contributed by atoms with van der Waals surface area (Å²) in [7, 11) is 1.82. The van der Waals surface area contributed by atoms with Crippen LogP contribution in [0, 0.1) is 40.3 Å². The Morgan fingerprint density at radius 1 is 1.04 bits per heavy atom. The van der Waals surface area contributed by atoms with Gasteiger partial charge in [-0.05, 0) is 116 Å². The first kappa shape index (κ1) is 35.5. The second kappa shape index (κ2) is 13.5. The molecule has 1 unspecified atom stereocenters. The summed E-state index contributed by atoms with van der Waals surface area (Å²) >= 11 is 0. The van der Waals surface area contributed by atoms with E-state index in [0.717, 1.165) is 43.1 Å². The van der Waals surface area contributed by atoms with Gasteiger partial charge in [-0.15, -0.1) is 0 Å². The van der Waals surface area contributed by atoms with E-state index in [1.54, 1.807) is 4.68 Å². The van der Waals surface area contributed by atoms with Gasteiger partial charge in [0, 0.05) is 55.4 Å². The lowest BCUT2D eigenvalue weighted by Gasteiger charge is -2.60. The SMILES string of the molecule is Cn1ncnc1C1C2=NCC(=O)c3cc(F)cc(c32)N[C@@H]1c1ccc(NC(=O)CCCO[C@H]2CC[C@H]3[C@@H]4CC[C@H]5CC(=O)CC[C@]5(C)[C@H]4CC[C@]23C)cc1. The van der Waals surface area contributed by atoms with Gasteiger partial charge in [-0.25, -0.2) is 9.37 Å². The molecule has 1 amide bonds. The van der Waals surface area contributed by atoms with Gasteiger partial charge in [0.05, 0.1) is 23.8 Å². The summed E-state index contributed by atoms with van der Waals surface area (Å²) in [5, 5.41) is 10.8. The number of aliphatic imine (C=N–C) groups is 1. The summed E-state index contributed by atoms with van der Waals surface area (Å²) in [5.41, 5.74) is 4.27. The minimum Gasteiger partial charge on any atom is -0.378 e. The van der Waals surface area contributed by atoms with Crippen molar-refractivity contribution in [3.63, 3.8) is 0 Å². The van der Waals surface area contributed by atoms with Crippen LogP contribution in [0.4, 0.5) is 15.8 Å². The van der Waals surface area contributed by atoms with E-state index in [1.807, 2.05) is 31.3 Å². The van der Waals surface area contributed by atoms with Crippen LogP contribution in [0.3, 0.4) is 0 Å². The highest BCUT2D eigenvalue weighted by atomic mass is 19.1. The second-order valence-corrected chi connectivity index (χ2v) is 17.5. The van der Waals surface area contributed by atoms with Crippen molar-refractivity contribution in [2.24, 2.45) is 46.5 Å². The average Bonchev–Trinajstić information content (AvgIpc) is 3.73. The maximum atomic E-state index is 14.7. The van der Waals surface area contributed by atoms with E-state index < -0.39 is 5.82 Å². The predicted molar refractivity (Wildman–Crippen MR) is 203 cm³/mol. The van der Waals surface area contributed by atoms with Crippen molar-refractivity contribution in [3.05, 3.63) is 71.1 Å². The molecule has 0 bridgehead atoms. The minimum absolute atomic E-state index is 0.0472. The van der Waals surface area contributed by atoms with Crippen LogP contribution in [0.1, 0.15) is 124 Å². The molecule has 0 spiro atoms. The summed E-state index contributed by atoms with van der Waals surface area (Å²) in [6.07, 6.45) is 12.7. The molecule has 6 aliphatic rings. The normalized spacial score (nSPS) is 33.9. The van der Waals surface area contributed by atoms with Crippen LogP contribution in [0.5, 0.6) is 0 Å². The number of carbonyl (C=O) groups excluding carboxylic acids is 3. The summed E-state index contributed by atoms with van der Waals surface area (Å²) in [4.78, 5) is 47.3. The van der Waals surface area contributed by atoms with Crippen LogP contribution in [-0.2, 0) is 21.4 Å².